The maximum Gasteiger partial charge on any atom is 0.269 e. The molecule has 2 aromatic rings. The number of nitro groups is 1. The second kappa shape index (κ2) is 9.11. The normalized spacial score (nSPS) is 13.3. The van der Waals surface area contributed by atoms with Crippen molar-refractivity contribution in [3.8, 4) is 0 Å². The molecule has 6 nitrogen and oxygen atoms in total. The van der Waals surface area contributed by atoms with Crippen molar-refractivity contribution >= 4 is 56.9 Å². The van der Waals surface area contributed by atoms with E-state index >= 15 is 0 Å². The van der Waals surface area contributed by atoms with Crippen molar-refractivity contribution < 1.29 is 9.72 Å². The minimum absolute atomic E-state index is 0.0547. The van der Waals surface area contributed by atoms with E-state index in [1.807, 2.05) is 24.3 Å². The smallest absolute Gasteiger partial charge is 0.269 e. The molecule has 0 unspecified atom stereocenters. The van der Waals surface area contributed by atoms with Gasteiger partial charge in [0.2, 0.25) is 5.91 Å². The predicted octanol–water partition coefficient (Wildman–Crippen LogP) is 4.52. The van der Waals surface area contributed by atoms with Crippen LogP contribution < -0.4 is 5.32 Å². The number of amides is 1. The molecule has 0 saturated carbocycles. The Labute approximate surface area is 163 Å². The van der Waals surface area contributed by atoms with Crippen LogP contribution in [0.5, 0.6) is 0 Å². The fraction of sp³-hybridized carbons (Fsp3) is 0.176. The van der Waals surface area contributed by atoms with Crippen LogP contribution in [0.25, 0.3) is 0 Å². The molecule has 1 aliphatic heterocycles. The zero-order valence-electron chi connectivity index (χ0n) is 13.6. The average molecular weight is 406 g/mol. The zero-order valence-corrected chi connectivity index (χ0v) is 16.0. The maximum atomic E-state index is 12.0. The van der Waals surface area contributed by atoms with Crippen LogP contribution in [0, 0.1) is 10.1 Å². The van der Waals surface area contributed by atoms with Crippen molar-refractivity contribution in [2.75, 3.05) is 23.4 Å². The summed E-state index contributed by atoms with van der Waals surface area (Å²) >= 11 is 4.66. The Morgan fingerprint density at radius 3 is 2.38 bits per heavy atom. The maximum absolute atomic E-state index is 12.0. The third-order valence-corrected chi connectivity index (χ3v) is 6.57. The van der Waals surface area contributed by atoms with Gasteiger partial charge in [-0.25, -0.2) is 0 Å². The second-order valence-corrected chi connectivity index (χ2v) is 8.66. The number of anilines is 1. The highest BCUT2D eigenvalue weighted by molar-refractivity contribution is 8.39. The van der Waals surface area contributed by atoms with Gasteiger partial charge in [-0.2, -0.15) is 0 Å². The number of carbonyl (C=O) groups excluding carboxylic acids is 1. The number of nitrogens with one attached hydrogen (secondary N) is 1. The topological polar surface area (TPSA) is 84.6 Å². The largest absolute Gasteiger partial charge is 0.325 e. The second-order valence-electron chi connectivity index (χ2n) is 5.21. The average Bonchev–Trinajstić information content (AvgIpc) is 3.16. The van der Waals surface area contributed by atoms with Gasteiger partial charge < -0.3 is 5.32 Å². The summed E-state index contributed by atoms with van der Waals surface area (Å²) in [4.78, 5) is 28.4. The number of hydrogen-bond donors (Lipinski definition) is 1. The number of rotatable bonds is 6. The van der Waals surface area contributed by atoms with E-state index in [2.05, 4.69) is 10.3 Å². The zero-order chi connectivity index (χ0) is 18.4. The SMILES string of the molecule is O=C(CSC1=NCCS1)Nc1ccc(Sc2ccc([N+](=O)[O-])cc2)cc1. The first-order chi connectivity index (χ1) is 12.6. The van der Waals surface area contributed by atoms with Crippen LogP contribution in [-0.2, 0) is 4.79 Å². The molecule has 9 heteroatoms. The van der Waals surface area contributed by atoms with E-state index in [1.165, 1.54) is 35.7 Å². The minimum Gasteiger partial charge on any atom is -0.325 e. The first kappa shape index (κ1) is 18.8. The van der Waals surface area contributed by atoms with Crippen molar-refractivity contribution in [3.63, 3.8) is 0 Å². The van der Waals surface area contributed by atoms with Gasteiger partial charge >= 0.3 is 0 Å². The highest BCUT2D eigenvalue weighted by Crippen LogP contribution is 2.30. The molecule has 134 valence electrons. The molecule has 2 aromatic carbocycles. The summed E-state index contributed by atoms with van der Waals surface area (Å²) in [6.45, 7) is 0.836. The molecule has 1 N–H and O–H groups in total. The lowest BCUT2D eigenvalue weighted by atomic mass is 10.3. The number of thioether (sulfide) groups is 2. The van der Waals surface area contributed by atoms with E-state index in [9.17, 15) is 14.9 Å². The van der Waals surface area contributed by atoms with E-state index in [0.717, 1.165) is 32.2 Å². The lowest BCUT2D eigenvalue weighted by Gasteiger charge is -2.06. The van der Waals surface area contributed by atoms with Gasteiger partial charge in [-0.3, -0.25) is 19.9 Å². The van der Waals surface area contributed by atoms with E-state index in [-0.39, 0.29) is 11.6 Å². The van der Waals surface area contributed by atoms with E-state index in [1.54, 1.807) is 23.9 Å². The van der Waals surface area contributed by atoms with Gasteiger partial charge in [-0.15, -0.1) is 0 Å². The predicted molar refractivity (Wildman–Crippen MR) is 110 cm³/mol. The minimum atomic E-state index is -0.414. The molecule has 0 radical (unpaired) electrons. The van der Waals surface area contributed by atoms with Crippen LogP contribution in [0.2, 0.25) is 0 Å². The molecule has 1 amide bonds. The fourth-order valence-electron chi connectivity index (χ4n) is 2.11. The van der Waals surface area contributed by atoms with Gasteiger partial charge in [0.25, 0.3) is 5.69 Å². The van der Waals surface area contributed by atoms with Crippen LogP contribution in [0.3, 0.4) is 0 Å². The summed E-state index contributed by atoms with van der Waals surface area (Å²) in [7, 11) is 0. The van der Waals surface area contributed by atoms with Crippen molar-refractivity contribution in [3.05, 3.63) is 58.6 Å². The van der Waals surface area contributed by atoms with Crippen LogP contribution in [-0.4, -0.2) is 33.3 Å². The number of nitro benzene ring substituents is 1. The van der Waals surface area contributed by atoms with Crippen LogP contribution in [0.15, 0.2) is 63.3 Å². The summed E-state index contributed by atoms with van der Waals surface area (Å²) < 4.78 is 0.981. The molecule has 0 bridgehead atoms. The third-order valence-electron chi connectivity index (χ3n) is 3.31. The molecular weight excluding hydrogens is 390 g/mol. The van der Waals surface area contributed by atoms with Gasteiger partial charge in [0.1, 0.15) is 4.38 Å². The molecule has 0 fully saturated rings. The molecule has 0 saturated heterocycles. The molecule has 0 aromatic heterocycles. The fourth-order valence-corrected chi connectivity index (χ4v) is 4.73. The summed E-state index contributed by atoms with van der Waals surface area (Å²) in [5, 5.41) is 13.5. The van der Waals surface area contributed by atoms with Crippen molar-refractivity contribution in [1.82, 2.24) is 0 Å². The Morgan fingerprint density at radius 2 is 1.81 bits per heavy atom. The first-order valence-electron chi connectivity index (χ1n) is 7.72. The lowest BCUT2D eigenvalue weighted by molar-refractivity contribution is -0.384. The van der Waals surface area contributed by atoms with Gasteiger partial charge in [0.05, 0.1) is 17.2 Å². The number of aliphatic imine (C=N–C) groups is 1. The Morgan fingerprint density at radius 1 is 1.15 bits per heavy atom. The Kier molecular flexibility index (Phi) is 6.59. The van der Waals surface area contributed by atoms with Gasteiger partial charge in [0.15, 0.2) is 0 Å². The van der Waals surface area contributed by atoms with Gasteiger partial charge in [-0.05, 0) is 36.4 Å². The molecule has 0 spiro atoms. The summed E-state index contributed by atoms with van der Waals surface area (Å²) in [6.07, 6.45) is 0. The number of nitrogens with zero attached hydrogens (tertiary/aromatic N) is 2. The van der Waals surface area contributed by atoms with Crippen LogP contribution in [0.1, 0.15) is 0 Å². The van der Waals surface area contributed by atoms with Crippen LogP contribution in [0.4, 0.5) is 11.4 Å². The lowest BCUT2D eigenvalue weighted by Crippen LogP contribution is -2.14. The molecule has 0 atom stereocenters. The Hall–Kier alpha value is -1.97. The number of benzene rings is 2. The summed E-state index contributed by atoms with van der Waals surface area (Å²) in [5.41, 5.74) is 0.817. The van der Waals surface area contributed by atoms with E-state index < -0.39 is 4.92 Å². The number of non-ortho nitro benzene ring substituents is 1. The van der Waals surface area contributed by atoms with Gasteiger partial charge in [-0.1, -0.05) is 35.3 Å². The van der Waals surface area contributed by atoms with E-state index in [0.29, 0.717) is 5.75 Å². The highest BCUT2D eigenvalue weighted by Gasteiger charge is 2.11. The standard InChI is InChI=1S/C17H15N3O3S3/c21-16(11-25-17-18-9-10-24-17)19-12-1-5-14(6-2-12)26-15-7-3-13(4-8-15)20(22)23/h1-8H,9-11H2,(H,19,21). The van der Waals surface area contributed by atoms with Crippen molar-refractivity contribution in [1.29, 1.82) is 0 Å². The summed E-state index contributed by atoms with van der Waals surface area (Å²) in [6, 6.07) is 13.9. The molecule has 3 rings (SSSR count). The van der Waals surface area contributed by atoms with E-state index in [4.69, 9.17) is 0 Å². The monoisotopic (exact) mass is 405 g/mol. The number of carbonyl (C=O) groups is 1. The first-order valence-corrected chi connectivity index (χ1v) is 10.5. The number of hydrogen-bond acceptors (Lipinski definition) is 7. The van der Waals surface area contributed by atoms with Crippen molar-refractivity contribution in [2.45, 2.75) is 9.79 Å². The van der Waals surface area contributed by atoms with Gasteiger partial charge in [0, 0.05) is 33.4 Å². The molecule has 0 aliphatic carbocycles. The molecule has 1 heterocycles. The molecule has 26 heavy (non-hydrogen) atoms. The quantitative estimate of drug-likeness (QED) is 0.562. The summed E-state index contributed by atoms with van der Waals surface area (Å²) in [5.74, 6) is 1.30. The Bertz CT molecular complexity index is 823. The molecular formula is C17H15N3O3S3. The van der Waals surface area contributed by atoms with Crippen molar-refractivity contribution in [2.24, 2.45) is 4.99 Å². The third kappa shape index (κ3) is 5.52. The van der Waals surface area contributed by atoms with Crippen LogP contribution >= 0.6 is 35.3 Å². The molecule has 1 aliphatic rings. The highest BCUT2D eigenvalue weighted by atomic mass is 32.2. The Balaban J connectivity index is 1.51.